The zero-order valence-electron chi connectivity index (χ0n) is 25.6. The second-order valence-electron chi connectivity index (χ2n) is 6.27. The number of halogens is 3. The molecule has 50 heavy (non-hydrogen) atoms. The van der Waals surface area contributed by atoms with Crippen molar-refractivity contribution in [2.45, 2.75) is 42.5 Å². The van der Waals surface area contributed by atoms with E-state index in [4.69, 9.17) is 49.3 Å². The molecule has 3 amide bonds. The third kappa shape index (κ3) is 190. The van der Waals surface area contributed by atoms with E-state index < -0.39 is 58.2 Å². The molecule has 0 aliphatic rings. The fraction of sp³-hybridized carbons (Fsp3) is 0.550. The quantitative estimate of drug-likeness (QED) is 0.0585. The van der Waals surface area contributed by atoms with Gasteiger partial charge in [-0.1, -0.05) is 14.9 Å². The molecule has 0 bridgehead atoms. The average Bonchev–Trinajstić information content (AvgIpc) is 2.84. The van der Waals surface area contributed by atoms with Crippen molar-refractivity contribution in [3.8, 4) is 0 Å². The number of hydrogen-bond donors (Lipinski definition) is 10. The number of nitrogens with two attached hydrogens (primary N) is 1. The maximum Gasteiger partial charge on any atom is -0.870 e. The molecule has 0 rings (SSSR count). The first kappa shape index (κ1) is 86.9. The van der Waals surface area contributed by atoms with Crippen LogP contribution in [0.1, 0.15) is 42.5 Å². The van der Waals surface area contributed by atoms with Gasteiger partial charge in [-0.2, -0.15) is 4.89 Å². The number of rotatable bonds is 10. The number of carbonyl (C=O) groups excluding carboxylic acids is 5. The minimum atomic E-state index is -4.39. The van der Waals surface area contributed by atoms with E-state index in [1.54, 1.807) is 0 Å². The number of aliphatic carboxylic acids is 3. The van der Waals surface area contributed by atoms with Crippen LogP contribution in [0.5, 0.6) is 0 Å². The predicted octanol–water partition coefficient (Wildman–Crippen LogP) is -0.214. The molecule has 0 aliphatic carbocycles. The molecule has 0 radical (unpaired) electrons. The van der Waals surface area contributed by atoms with Gasteiger partial charge in [0.1, 0.15) is 19.6 Å². The summed E-state index contributed by atoms with van der Waals surface area (Å²) in [6.07, 6.45) is -1.03. The number of nitrogens with one attached hydrogen (secondary N) is 2. The molecule has 0 aromatic rings. The minimum Gasteiger partial charge on any atom is -0.870 e. The van der Waals surface area contributed by atoms with Gasteiger partial charge in [0.2, 0.25) is 24.0 Å². The van der Waals surface area contributed by atoms with Gasteiger partial charge in [0.25, 0.3) is 5.97 Å². The third-order valence-corrected chi connectivity index (χ3v) is 3.35. The van der Waals surface area contributed by atoms with Crippen LogP contribution in [0, 0.1) is 6.65 Å². The molecule has 1 unspecified atom stereocenters. The first-order chi connectivity index (χ1) is 20.4. The fourth-order valence-electron chi connectivity index (χ4n) is 1.11. The summed E-state index contributed by atoms with van der Waals surface area (Å²) in [6, 6.07) is 0. The largest absolute Gasteiger partial charge is 0.870 e. The number of amides is 3. The van der Waals surface area contributed by atoms with E-state index in [1.807, 2.05) is 6.79 Å². The van der Waals surface area contributed by atoms with Crippen LogP contribution in [0.4, 0.5) is 0 Å². The van der Waals surface area contributed by atoms with Gasteiger partial charge in [-0.15, -0.1) is 24.0 Å². The Labute approximate surface area is 336 Å². The van der Waals surface area contributed by atoms with E-state index in [0.717, 1.165) is 13.8 Å². The molecule has 1 atom stereocenters. The van der Waals surface area contributed by atoms with Crippen LogP contribution >= 0.6 is 79.6 Å². The first-order valence-electron chi connectivity index (χ1n) is 10.3. The van der Waals surface area contributed by atoms with Gasteiger partial charge in [-0.25, -0.2) is 0 Å². The summed E-state index contributed by atoms with van der Waals surface area (Å²) < 4.78 is 27.8. The van der Waals surface area contributed by atoms with Crippen LogP contribution in [0.25, 0.3) is 0 Å². The molecule has 0 saturated carbocycles. The maximum atomic E-state index is 10.7. The predicted molar refractivity (Wildman–Crippen MR) is 203 cm³/mol. The van der Waals surface area contributed by atoms with Crippen molar-refractivity contribution in [1.29, 1.82) is 0 Å². The molecular formula is C20H49I3N5O19P2V+. The monoisotopic (exact) mass is 1160 g/mol. The maximum absolute atomic E-state index is 10.7. The fourth-order valence-corrected chi connectivity index (χ4v) is 2.16. The van der Waals surface area contributed by atoms with Gasteiger partial charge in [0.05, 0.1) is 6.54 Å². The van der Waals surface area contributed by atoms with Gasteiger partial charge >= 0.3 is 94.3 Å². The Balaban J connectivity index is -0.0000000303. The first-order valence-corrected chi connectivity index (χ1v) is 22.5. The van der Waals surface area contributed by atoms with E-state index in [1.165, 1.54) is 13.8 Å². The van der Waals surface area contributed by atoms with E-state index >= 15 is 0 Å². The van der Waals surface area contributed by atoms with Crippen LogP contribution in [-0.4, -0.2) is 126 Å². The number of carboxylic acid groups (broad SMARTS) is 3. The van der Waals surface area contributed by atoms with E-state index in [9.17, 15) is 37.9 Å². The summed E-state index contributed by atoms with van der Waals surface area (Å²) in [5.74, 6) is -5.27. The normalized spacial score (nSPS) is 7.54. The molecular weight excluding hydrogens is 1110 g/mol. The Hall–Kier alpha value is -1.44. The van der Waals surface area contributed by atoms with Crippen molar-refractivity contribution in [3.63, 3.8) is 0 Å². The van der Waals surface area contributed by atoms with E-state index in [2.05, 4.69) is 63.0 Å². The standard InChI is InChI=1S/C5H10NO6P.C4H7NO3.C3H6NO4P.C2H5NO.C2H4O2.CH2O.CO.2CH4.3HI.H3N.H2O.V/c1-4(7)6(2-5(8)9)3-13(10,11)12;1-3(6)5-2-4(7)8;5-3(6)1-4-2-9(7)8;2*1-2(3)4;2*1-2;;;;;;;;/h2-3H2,1H3,(H,8,9)(H2,10,11,12);2H2,1H3,(H,5,6)(H,7,8);4H,1-2H2,(H-,5,6,7,8);1H3,(H2,3,4);1H3,(H,3,4);1H2;;2*1H4;3*1H;1H3;1H2;/q;;;;;;;;;;;;;;+2/p-1. The number of carbonyl (C=O) groups is 8. The molecule has 0 heterocycles. The van der Waals surface area contributed by atoms with Gasteiger partial charge in [-0.3, -0.25) is 38.6 Å². The minimum absolute atomic E-state index is 0. The Morgan fingerprint density at radius 3 is 1.40 bits per heavy atom. The second-order valence-corrected chi connectivity index (χ2v) is 20.7. The summed E-state index contributed by atoms with van der Waals surface area (Å²) in [4.78, 5) is 102. The van der Waals surface area contributed by atoms with Crippen LogP contribution in [0.2, 0.25) is 0 Å². The Morgan fingerprint density at radius 1 is 0.960 bits per heavy atom. The molecule has 0 aliphatic heterocycles. The Kier molecular flexibility index (Phi) is 114. The summed E-state index contributed by atoms with van der Waals surface area (Å²) in [5, 5.41) is 34.4. The van der Waals surface area contributed by atoms with Gasteiger partial charge < -0.3 is 62.6 Å². The van der Waals surface area contributed by atoms with Gasteiger partial charge in [0, 0.05) is 32.5 Å². The smallest absolute Gasteiger partial charge is 0.870 e. The molecule has 16 N–H and O–H groups in total. The molecule has 30 heteroatoms. The molecule has 0 saturated heterocycles. The molecule has 0 aromatic heterocycles. The van der Waals surface area contributed by atoms with Crippen LogP contribution in [0.3, 0.4) is 0 Å². The van der Waals surface area contributed by atoms with Crippen molar-refractivity contribution in [1.82, 2.24) is 21.7 Å². The van der Waals surface area contributed by atoms with E-state index in [-0.39, 0.29) is 81.6 Å². The number of hydrogen-bond acceptors (Lipinski definition) is 13. The molecule has 0 spiro atoms. The number of carboxylic acids is 3. The van der Waals surface area contributed by atoms with Crippen molar-refractivity contribution >= 4 is 128 Å². The van der Waals surface area contributed by atoms with Crippen molar-refractivity contribution in [2.75, 3.05) is 32.2 Å². The second kappa shape index (κ2) is 65.9. The van der Waals surface area contributed by atoms with Crippen LogP contribution < -0.4 is 22.5 Å². The molecule has 303 valence electrons. The SMILES string of the molecule is C.C.C=O.CC(=O)N(CC(=O)O)CP(=O)(O)O.CC(=O)NCC(=O)[OH2+].CC(=O)O.CC(N)=O.I.N.O=C(O)CNC[P+](=O)O.[C-]#[O+].[I][V][I].[OH-]. The zero-order valence-corrected chi connectivity index (χ0v) is 35.4. The van der Waals surface area contributed by atoms with Crippen LogP contribution in [-0.2, 0) is 61.6 Å². The summed E-state index contributed by atoms with van der Waals surface area (Å²) in [5.41, 5.74) is 4.47. The summed E-state index contributed by atoms with van der Waals surface area (Å²) in [6.45, 7) is 10.1. The van der Waals surface area contributed by atoms with Crippen molar-refractivity contribution < 1.29 is 102 Å². The third-order valence-electron chi connectivity index (χ3n) is 2.15. The Bertz CT molecular complexity index is 904. The van der Waals surface area contributed by atoms with Gasteiger partial charge in [0.15, 0.2) is 6.54 Å². The van der Waals surface area contributed by atoms with Gasteiger partial charge in [-0.05, 0) is 4.57 Å². The van der Waals surface area contributed by atoms with E-state index in [0.29, 0.717) is 14.4 Å². The van der Waals surface area contributed by atoms with Crippen molar-refractivity contribution in [2.24, 2.45) is 5.73 Å². The van der Waals surface area contributed by atoms with Crippen LogP contribution in [0.15, 0.2) is 0 Å². The molecule has 24 nitrogen and oxygen atoms in total. The topological polar surface area (TPSA) is 453 Å². The average molecular weight is 1160 g/mol. The summed E-state index contributed by atoms with van der Waals surface area (Å²) >= 11 is 4.74. The molecule has 0 aromatic carbocycles. The Morgan fingerprint density at radius 2 is 1.26 bits per heavy atom. The molecule has 0 fully saturated rings. The zero-order chi connectivity index (χ0) is 38.4. The van der Waals surface area contributed by atoms with Crippen molar-refractivity contribution in [3.05, 3.63) is 6.65 Å². The summed E-state index contributed by atoms with van der Waals surface area (Å²) in [7, 11) is -6.02. The number of primary amides is 1. The number of nitrogens with zero attached hydrogens (tertiary/aromatic N) is 1.